The van der Waals surface area contributed by atoms with Crippen LogP contribution in [0.1, 0.15) is 31.1 Å². The lowest BCUT2D eigenvalue weighted by molar-refractivity contribution is -0.279. The highest BCUT2D eigenvalue weighted by molar-refractivity contribution is 5.90. The standard InChI is InChI=1S/C26H22O9/c27-22(17-10-4-1-5-11-17)32-16-20-21(34-23(28)18-12-6-2-7-13-18)26(30,31)25(33-20)35-24(29)19-14-8-3-9-15-19/h1-15,20-21,25,30-31H,16H2/t20-,21-,25-/m0/s1. The molecule has 0 spiro atoms. The number of benzene rings is 3. The molecule has 0 radical (unpaired) electrons. The molecule has 0 saturated carbocycles. The number of ether oxygens (including phenoxy) is 4. The molecule has 3 atom stereocenters. The third-order valence-corrected chi connectivity index (χ3v) is 5.26. The molecule has 1 saturated heterocycles. The van der Waals surface area contributed by atoms with Gasteiger partial charge in [0.05, 0.1) is 16.7 Å². The average molecular weight is 478 g/mol. The van der Waals surface area contributed by atoms with E-state index in [1.165, 1.54) is 36.4 Å². The van der Waals surface area contributed by atoms with Crippen molar-refractivity contribution in [2.24, 2.45) is 0 Å². The Labute approximate surface area is 200 Å². The van der Waals surface area contributed by atoms with E-state index in [0.717, 1.165) is 0 Å². The van der Waals surface area contributed by atoms with Gasteiger partial charge in [-0.3, -0.25) is 0 Å². The lowest BCUT2D eigenvalue weighted by Crippen LogP contribution is -2.52. The smallest absolute Gasteiger partial charge is 0.340 e. The van der Waals surface area contributed by atoms with Gasteiger partial charge in [-0.05, 0) is 36.4 Å². The maximum absolute atomic E-state index is 12.6. The first-order valence-corrected chi connectivity index (χ1v) is 10.7. The van der Waals surface area contributed by atoms with Crippen LogP contribution in [0.15, 0.2) is 91.0 Å². The highest BCUT2D eigenvalue weighted by Crippen LogP contribution is 2.34. The van der Waals surface area contributed by atoms with E-state index in [-0.39, 0.29) is 16.7 Å². The van der Waals surface area contributed by atoms with E-state index in [9.17, 15) is 24.6 Å². The molecule has 2 N–H and O–H groups in total. The summed E-state index contributed by atoms with van der Waals surface area (Å²) >= 11 is 0. The number of carbonyl (C=O) groups excluding carboxylic acids is 3. The second kappa shape index (κ2) is 10.5. The van der Waals surface area contributed by atoms with E-state index < -0.39 is 48.8 Å². The molecule has 3 aromatic rings. The van der Waals surface area contributed by atoms with Gasteiger partial charge in [0.15, 0.2) is 6.10 Å². The number of rotatable bonds is 7. The largest absolute Gasteiger partial charge is 0.459 e. The van der Waals surface area contributed by atoms with Crippen LogP contribution in [0.3, 0.4) is 0 Å². The number of hydrogen-bond acceptors (Lipinski definition) is 9. The predicted octanol–water partition coefficient (Wildman–Crippen LogP) is 2.33. The first-order valence-electron chi connectivity index (χ1n) is 10.7. The minimum Gasteiger partial charge on any atom is -0.459 e. The van der Waals surface area contributed by atoms with Crippen LogP contribution in [-0.2, 0) is 18.9 Å². The zero-order valence-electron chi connectivity index (χ0n) is 18.4. The summed E-state index contributed by atoms with van der Waals surface area (Å²) in [6.45, 7) is -0.511. The van der Waals surface area contributed by atoms with E-state index in [2.05, 4.69) is 0 Å². The summed E-state index contributed by atoms with van der Waals surface area (Å²) in [5.74, 6) is -5.40. The van der Waals surface area contributed by atoms with E-state index in [0.29, 0.717) is 0 Å². The van der Waals surface area contributed by atoms with Gasteiger partial charge in [0.25, 0.3) is 12.1 Å². The van der Waals surface area contributed by atoms with Crippen LogP contribution < -0.4 is 0 Å². The SMILES string of the molecule is O=C(OC[C@@H]1O[C@@H](OC(=O)c2ccccc2)C(O)(O)[C@H]1OC(=O)c1ccccc1)c1ccccc1. The molecule has 9 nitrogen and oxygen atoms in total. The highest BCUT2D eigenvalue weighted by Gasteiger charge is 2.60. The Morgan fingerprint density at radius 1 is 0.686 bits per heavy atom. The van der Waals surface area contributed by atoms with Gasteiger partial charge in [-0.25, -0.2) is 14.4 Å². The molecular weight excluding hydrogens is 456 g/mol. The van der Waals surface area contributed by atoms with Crippen LogP contribution >= 0.6 is 0 Å². The molecule has 180 valence electrons. The molecule has 0 amide bonds. The Hall–Kier alpha value is -4.05. The molecule has 1 fully saturated rings. The van der Waals surface area contributed by atoms with Crippen LogP contribution in [0, 0.1) is 0 Å². The molecule has 1 aliphatic rings. The van der Waals surface area contributed by atoms with E-state index in [1.54, 1.807) is 54.6 Å². The van der Waals surface area contributed by atoms with Crippen molar-refractivity contribution in [3.63, 3.8) is 0 Å². The first kappa shape index (κ1) is 24.1. The summed E-state index contributed by atoms with van der Waals surface area (Å²) in [6.07, 6.45) is -5.02. The van der Waals surface area contributed by atoms with Gasteiger partial charge in [-0.2, -0.15) is 0 Å². The Bertz CT molecular complexity index is 1160. The molecule has 0 bridgehead atoms. The van der Waals surface area contributed by atoms with Gasteiger partial charge >= 0.3 is 17.9 Å². The lowest BCUT2D eigenvalue weighted by atomic mass is 10.1. The maximum atomic E-state index is 12.6. The summed E-state index contributed by atoms with van der Waals surface area (Å²) in [7, 11) is 0. The van der Waals surface area contributed by atoms with Crippen molar-refractivity contribution in [1.82, 2.24) is 0 Å². The van der Waals surface area contributed by atoms with Crippen molar-refractivity contribution in [3.8, 4) is 0 Å². The monoisotopic (exact) mass is 478 g/mol. The zero-order valence-corrected chi connectivity index (χ0v) is 18.4. The van der Waals surface area contributed by atoms with Crippen molar-refractivity contribution in [2.45, 2.75) is 24.3 Å². The molecule has 0 aliphatic carbocycles. The molecular formula is C26H22O9. The molecule has 9 heteroatoms. The Morgan fingerprint density at radius 2 is 1.11 bits per heavy atom. The summed E-state index contributed by atoms with van der Waals surface area (Å²) < 4.78 is 21.2. The topological polar surface area (TPSA) is 129 Å². The lowest BCUT2D eigenvalue weighted by Gasteiger charge is -2.27. The average Bonchev–Trinajstić information content (AvgIpc) is 3.12. The van der Waals surface area contributed by atoms with E-state index in [4.69, 9.17) is 18.9 Å². The Balaban J connectivity index is 1.53. The van der Waals surface area contributed by atoms with Crippen LogP contribution in [0.25, 0.3) is 0 Å². The summed E-state index contributed by atoms with van der Waals surface area (Å²) in [5, 5.41) is 21.6. The minimum absolute atomic E-state index is 0.142. The molecule has 4 rings (SSSR count). The van der Waals surface area contributed by atoms with Crippen LogP contribution in [0.5, 0.6) is 0 Å². The second-order valence-corrected chi connectivity index (χ2v) is 7.72. The number of aliphatic hydroxyl groups is 2. The van der Waals surface area contributed by atoms with Gasteiger partial charge < -0.3 is 29.2 Å². The van der Waals surface area contributed by atoms with E-state index in [1.807, 2.05) is 0 Å². The Kier molecular flexibility index (Phi) is 7.21. The first-order chi connectivity index (χ1) is 16.9. The van der Waals surface area contributed by atoms with Gasteiger partial charge in [0, 0.05) is 0 Å². The third kappa shape index (κ3) is 5.55. The van der Waals surface area contributed by atoms with Gasteiger partial charge in [0.2, 0.25) is 0 Å². The fraction of sp³-hybridized carbons (Fsp3) is 0.192. The van der Waals surface area contributed by atoms with Crippen LogP contribution in [0.4, 0.5) is 0 Å². The van der Waals surface area contributed by atoms with Crippen molar-refractivity contribution in [1.29, 1.82) is 0 Å². The fourth-order valence-corrected chi connectivity index (χ4v) is 3.45. The Morgan fingerprint density at radius 3 is 1.60 bits per heavy atom. The third-order valence-electron chi connectivity index (χ3n) is 5.26. The predicted molar refractivity (Wildman–Crippen MR) is 120 cm³/mol. The highest BCUT2D eigenvalue weighted by atomic mass is 16.8. The number of hydrogen-bond donors (Lipinski definition) is 2. The van der Waals surface area contributed by atoms with Gasteiger partial charge in [-0.15, -0.1) is 0 Å². The van der Waals surface area contributed by atoms with Gasteiger partial charge in [-0.1, -0.05) is 54.6 Å². The zero-order chi connectivity index (χ0) is 24.8. The van der Waals surface area contributed by atoms with Crippen LogP contribution in [-0.4, -0.2) is 59.0 Å². The molecule has 1 heterocycles. The number of carbonyl (C=O) groups is 3. The summed E-state index contributed by atoms with van der Waals surface area (Å²) in [5.41, 5.74) is 0.548. The molecule has 0 aromatic heterocycles. The quantitative estimate of drug-likeness (QED) is 0.299. The van der Waals surface area contributed by atoms with Crippen molar-refractivity contribution in [3.05, 3.63) is 108 Å². The maximum Gasteiger partial charge on any atom is 0.340 e. The molecule has 3 aromatic carbocycles. The molecule has 1 aliphatic heterocycles. The van der Waals surface area contributed by atoms with Crippen molar-refractivity contribution >= 4 is 17.9 Å². The summed E-state index contributed by atoms with van der Waals surface area (Å²) in [6, 6.07) is 23.8. The minimum atomic E-state index is -2.93. The second-order valence-electron chi connectivity index (χ2n) is 7.72. The van der Waals surface area contributed by atoms with Crippen LogP contribution in [0.2, 0.25) is 0 Å². The van der Waals surface area contributed by atoms with Crippen molar-refractivity contribution in [2.75, 3.05) is 6.61 Å². The molecule has 0 unspecified atom stereocenters. The number of esters is 3. The molecule has 35 heavy (non-hydrogen) atoms. The van der Waals surface area contributed by atoms with E-state index >= 15 is 0 Å². The fourth-order valence-electron chi connectivity index (χ4n) is 3.45. The van der Waals surface area contributed by atoms with Gasteiger partial charge in [0.1, 0.15) is 12.7 Å². The van der Waals surface area contributed by atoms with Crippen molar-refractivity contribution < 1.29 is 43.5 Å². The normalized spacial score (nSPS) is 20.6. The summed E-state index contributed by atoms with van der Waals surface area (Å²) in [4.78, 5) is 37.5.